The van der Waals surface area contributed by atoms with Gasteiger partial charge < -0.3 is 15.0 Å². The Hall–Kier alpha value is -3.11. The Morgan fingerprint density at radius 2 is 1.97 bits per heavy atom. The van der Waals surface area contributed by atoms with E-state index in [1.165, 1.54) is 19.2 Å². The SMILES string of the molecule is COC(=O)C1=C(CN2CCN(C(C)=O)CC2)NC(c2ccccn2)=NC1c1ccc(F)cc1Br. The van der Waals surface area contributed by atoms with E-state index >= 15 is 0 Å². The monoisotopic (exact) mass is 529 g/mol. The predicted octanol–water partition coefficient (Wildman–Crippen LogP) is 2.67. The van der Waals surface area contributed by atoms with Crippen molar-refractivity contribution in [1.82, 2.24) is 20.1 Å². The minimum atomic E-state index is -0.728. The van der Waals surface area contributed by atoms with Gasteiger partial charge in [-0.3, -0.25) is 19.7 Å². The molecule has 1 aromatic carbocycles. The lowest BCUT2D eigenvalue weighted by molar-refractivity contribution is -0.136. The third-order valence-corrected chi connectivity index (χ3v) is 6.58. The maximum atomic E-state index is 13.8. The predicted molar refractivity (Wildman–Crippen MR) is 128 cm³/mol. The molecule has 1 atom stereocenters. The summed E-state index contributed by atoms with van der Waals surface area (Å²) in [4.78, 5) is 37.9. The summed E-state index contributed by atoms with van der Waals surface area (Å²) in [5.74, 6) is -0.358. The van der Waals surface area contributed by atoms with E-state index in [0.717, 1.165) is 0 Å². The molecule has 178 valence electrons. The summed E-state index contributed by atoms with van der Waals surface area (Å²) in [5, 5.41) is 3.30. The van der Waals surface area contributed by atoms with E-state index in [0.29, 0.717) is 65.6 Å². The molecule has 2 aliphatic heterocycles. The molecule has 0 aliphatic carbocycles. The Kier molecular flexibility index (Phi) is 7.38. The van der Waals surface area contributed by atoms with E-state index in [1.54, 1.807) is 24.1 Å². The second kappa shape index (κ2) is 10.4. The number of aliphatic imine (C=N–C) groups is 1. The number of hydrogen-bond donors (Lipinski definition) is 1. The fourth-order valence-electron chi connectivity index (χ4n) is 4.10. The van der Waals surface area contributed by atoms with Crippen molar-refractivity contribution in [3.05, 3.63) is 75.4 Å². The summed E-state index contributed by atoms with van der Waals surface area (Å²) < 4.78 is 19.5. The zero-order chi connectivity index (χ0) is 24.2. The van der Waals surface area contributed by atoms with Crippen molar-refractivity contribution in [2.75, 3.05) is 39.8 Å². The van der Waals surface area contributed by atoms with Crippen LogP contribution < -0.4 is 5.32 Å². The van der Waals surface area contributed by atoms with Gasteiger partial charge in [0.05, 0.1) is 12.7 Å². The molecular formula is C24H25BrFN5O3. The first-order valence-electron chi connectivity index (χ1n) is 10.9. The maximum Gasteiger partial charge on any atom is 0.338 e. The smallest absolute Gasteiger partial charge is 0.338 e. The van der Waals surface area contributed by atoms with Gasteiger partial charge in [-0.25, -0.2) is 9.18 Å². The van der Waals surface area contributed by atoms with Crippen molar-refractivity contribution >= 4 is 33.6 Å². The van der Waals surface area contributed by atoms with Crippen LogP contribution in [0.25, 0.3) is 0 Å². The van der Waals surface area contributed by atoms with Gasteiger partial charge in [-0.05, 0) is 29.8 Å². The summed E-state index contributed by atoms with van der Waals surface area (Å²) >= 11 is 3.43. The van der Waals surface area contributed by atoms with Crippen molar-refractivity contribution in [3.8, 4) is 0 Å². The number of carbonyl (C=O) groups is 2. The molecule has 1 aromatic heterocycles. The number of benzene rings is 1. The van der Waals surface area contributed by atoms with Crippen LogP contribution in [0.5, 0.6) is 0 Å². The first-order valence-corrected chi connectivity index (χ1v) is 11.7. The number of halogens is 2. The molecule has 0 saturated carbocycles. The molecule has 3 heterocycles. The molecular weight excluding hydrogens is 505 g/mol. The van der Waals surface area contributed by atoms with Crippen LogP contribution in [0.15, 0.2) is 63.3 Å². The van der Waals surface area contributed by atoms with Crippen LogP contribution >= 0.6 is 15.9 Å². The number of esters is 1. The van der Waals surface area contributed by atoms with Crippen LogP contribution in [0.4, 0.5) is 4.39 Å². The van der Waals surface area contributed by atoms with E-state index in [-0.39, 0.29) is 5.91 Å². The van der Waals surface area contributed by atoms with Gasteiger partial charge in [0, 0.05) is 56.0 Å². The third kappa shape index (κ3) is 5.18. The fraction of sp³-hybridized carbons (Fsp3) is 0.333. The van der Waals surface area contributed by atoms with Crippen molar-refractivity contribution in [3.63, 3.8) is 0 Å². The van der Waals surface area contributed by atoms with Crippen LogP contribution in [0.2, 0.25) is 0 Å². The Morgan fingerprint density at radius 1 is 1.21 bits per heavy atom. The third-order valence-electron chi connectivity index (χ3n) is 5.90. The van der Waals surface area contributed by atoms with E-state index in [9.17, 15) is 14.0 Å². The van der Waals surface area contributed by atoms with Gasteiger partial charge in [-0.1, -0.05) is 28.1 Å². The van der Waals surface area contributed by atoms with E-state index in [4.69, 9.17) is 9.73 Å². The number of pyridine rings is 1. The Morgan fingerprint density at radius 3 is 2.59 bits per heavy atom. The lowest BCUT2D eigenvalue weighted by Gasteiger charge is -2.36. The molecule has 1 N–H and O–H groups in total. The number of ether oxygens (including phenoxy) is 1. The molecule has 1 fully saturated rings. The molecule has 8 nitrogen and oxygen atoms in total. The molecule has 1 amide bonds. The number of piperazine rings is 1. The summed E-state index contributed by atoms with van der Waals surface area (Å²) in [7, 11) is 1.33. The Bertz CT molecular complexity index is 1150. The second-order valence-corrected chi connectivity index (χ2v) is 8.91. The number of amides is 1. The molecule has 2 aliphatic rings. The van der Waals surface area contributed by atoms with Crippen molar-refractivity contribution in [2.45, 2.75) is 13.0 Å². The second-order valence-electron chi connectivity index (χ2n) is 8.05. The highest BCUT2D eigenvalue weighted by Gasteiger charge is 2.34. The van der Waals surface area contributed by atoms with Crippen molar-refractivity contribution in [1.29, 1.82) is 0 Å². The van der Waals surface area contributed by atoms with Gasteiger partial charge in [0.15, 0.2) is 5.84 Å². The number of carbonyl (C=O) groups excluding carboxylic acids is 2. The van der Waals surface area contributed by atoms with Gasteiger partial charge >= 0.3 is 5.97 Å². The zero-order valence-electron chi connectivity index (χ0n) is 18.9. The van der Waals surface area contributed by atoms with Gasteiger partial charge in [0.2, 0.25) is 5.91 Å². The van der Waals surface area contributed by atoms with E-state index in [2.05, 4.69) is 31.1 Å². The molecule has 4 rings (SSSR count). The maximum absolute atomic E-state index is 13.8. The summed E-state index contributed by atoms with van der Waals surface area (Å²) in [5.41, 5.74) is 2.24. The normalized spacial score (nSPS) is 18.9. The van der Waals surface area contributed by atoms with E-state index < -0.39 is 17.8 Å². The van der Waals surface area contributed by atoms with Crippen LogP contribution in [0.3, 0.4) is 0 Å². The number of amidine groups is 1. The van der Waals surface area contributed by atoms with Crippen molar-refractivity contribution < 1.29 is 18.7 Å². The molecule has 1 unspecified atom stereocenters. The molecule has 2 aromatic rings. The average Bonchev–Trinajstić information content (AvgIpc) is 2.84. The minimum Gasteiger partial charge on any atom is -0.466 e. The lowest BCUT2D eigenvalue weighted by Crippen LogP contribution is -2.50. The first-order chi connectivity index (χ1) is 16.4. The van der Waals surface area contributed by atoms with Crippen molar-refractivity contribution in [2.24, 2.45) is 4.99 Å². The van der Waals surface area contributed by atoms with Gasteiger partial charge in [-0.2, -0.15) is 0 Å². The quantitative estimate of drug-likeness (QED) is 0.599. The molecule has 0 radical (unpaired) electrons. The topological polar surface area (TPSA) is 87.1 Å². The number of aromatic nitrogens is 1. The number of nitrogens with zero attached hydrogens (tertiary/aromatic N) is 4. The Balaban J connectivity index is 1.75. The van der Waals surface area contributed by atoms with Crippen LogP contribution in [-0.2, 0) is 14.3 Å². The number of hydrogen-bond acceptors (Lipinski definition) is 7. The molecule has 10 heteroatoms. The molecule has 1 saturated heterocycles. The Labute approximate surface area is 205 Å². The van der Waals surface area contributed by atoms with Gasteiger partial charge in [-0.15, -0.1) is 0 Å². The highest BCUT2D eigenvalue weighted by atomic mass is 79.9. The summed E-state index contributed by atoms with van der Waals surface area (Å²) in [6.45, 7) is 4.56. The van der Waals surface area contributed by atoms with Crippen LogP contribution in [0, 0.1) is 5.82 Å². The highest BCUT2D eigenvalue weighted by molar-refractivity contribution is 9.10. The molecule has 34 heavy (non-hydrogen) atoms. The lowest BCUT2D eigenvalue weighted by atomic mass is 9.95. The molecule has 0 bridgehead atoms. The number of rotatable bonds is 5. The van der Waals surface area contributed by atoms with Crippen LogP contribution in [-0.4, -0.2) is 72.3 Å². The highest BCUT2D eigenvalue weighted by Crippen LogP contribution is 2.36. The standard InChI is InChI=1S/C24H25BrFN5O3/c1-15(32)31-11-9-30(10-12-31)14-20-21(24(33)34-2)22(17-7-6-16(26)13-18(17)25)29-23(28-20)19-5-3-4-8-27-19/h3-8,13,22H,9-12,14H2,1-2H3,(H,28,29). The van der Waals surface area contributed by atoms with Gasteiger partial charge in [0.25, 0.3) is 0 Å². The fourth-order valence-corrected chi connectivity index (χ4v) is 4.66. The molecule has 0 spiro atoms. The summed E-state index contributed by atoms with van der Waals surface area (Å²) in [6, 6.07) is 9.07. The van der Waals surface area contributed by atoms with Gasteiger partial charge in [0.1, 0.15) is 17.6 Å². The van der Waals surface area contributed by atoms with Crippen LogP contribution in [0.1, 0.15) is 24.2 Å². The average molecular weight is 530 g/mol. The van der Waals surface area contributed by atoms with E-state index in [1.807, 2.05) is 18.2 Å². The minimum absolute atomic E-state index is 0.0516. The number of nitrogens with one attached hydrogen (secondary N) is 1. The largest absolute Gasteiger partial charge is 0.466 e. The number of methoxy groups -OCH3 is 1. The zero-order valence-corrected chi connectivity index (χ0v) is 20.5. The first kappa shape index (κ1) is 24.0. The summed E-state index contributed by atoms with van der Waals surface area (Å²) in [6.07, 6.45) is 1.67.